The molecule has 1 N–H and O–H groups in total. The van der Waals surface area contributed by atoms with E-state index in [1.165, 1.54) is 22.3 Å². The molecule has 0 heterocycles. The van der Waals surface area contributed by atoms with Gasteiger partial charge < -0.3 is 5.11 Å². The molecular formula is C14H21NO2. The van der Waals surface area contributed by atoms with Crippen LogP contribution >= 0.6 is 0 Å². The van der Waals surface area contributed by atoms with E-state index in [2.05, 4.69) is 32.9 Å². The van der Waals surface area contributed by atoms with Gasteiger partial charge in [0.15, 0.2) is 0 Å². The third-order valence-corrected chi connectivity index (χ3v) is 3.15. The second-order valence-electron chi connectivity index (χ2n) is 4.56. The smallest absolute Gasteiger partial charge is 0.317 e. The predicted molar refractivity (Wildman–Crippen MR) is 69.2 cm³/mol. The van der Waals surface area contributed by atoms with Gasteiger partial charge in [-0.2, -0.15) is 0 Å². The number of carbonyl (C=O) groups is 1. The number of benzene rings is 1. The van der Waals surface area contributed by atoms with E-state index in [-0.39, 0.29) is 6.54 Å². The Labute approximate surface area is 103 Å². The minimum Gasteiger partial charge on any atom is -0.480 e. The molecule has 17 heavy (non-hydrogen) atoms. The first-order valence-electron chi connectivity index (χ1n) is 5.95. The summed E-state index contributed by atoms with van der Waals surface area (Å²) in [6, 6.07) is 4.33. The van der Waals surface area contributed by atoms with E-state index in [0.29, 0.717) is 6.54 Å². The maximum absolute atomic E-state index is 10.7. The highest BCUT2D eigenvalue weighted by molar-refractivity contribution is 5.69. The predicted octanol–water partition coefficient (Wildman–Crippen LogP) is 2.52. The van der Waals surface area contributed by atoms with Crippen molar-refractivity contribution in [1.82, 2.24) is 4.90 Å². The van der Waals surface area contributed by atoms with Crippen LogP contribution in [0.1, 0.15) is 29.2 Å². The molecule has 0 aliphatic rings. The van der Waals surface area contributed by atoms with Crippen LogP contribution in [-0.2, 0) is 11.3 Å². The minimum absolute atomic E-state index is 0.100. The fourth-order valence-electron chi connectivity index (χ4n) is 1.90. The zero-order chi connectivity index (χ0) is 13.0. The Bertz CT molecular complexity index is 413. The van der Waals surface area contributed by atoms with E-state index in [1.54, 1.807) is 0 Å². The number of carboxylic acid groups (broad SMARTS) is 1. The zero-order valence-corrected chi connectivity index (χ0v) is 11.1. The topological polar surface area (TPSA) is 40.5 Å². The van der Waals surface area contributed by atoms with Gasteiger partial charge in [0.25, 0.3) is 0 Å². The van der Waals surface area contributed by atoms with Gasteiger partial charge in [-0.1, -0.05) is 19.1 Å². The number of hydrogen-bond acceptors (Lipinski definition) is 2. The van der Waals surface area contributed by atoms with Crippen LogP contribution in [0.15, 0.2) is 12.1 Å². The van der Waals surface area contributed by atoms with Crippen molar-refractivity contribution < 1.29 is 9.90 Å². The minimum atomic E-state index is -0.770. The molecule has 1 rings (SSSR count). The standard InChI is InChI=1S/C14H21NO2/c1-5-15(9-14(16)17)8-13-7-11(3)10(2)6-12(13)4/h6-7H,5,8-9H2,1-4H3,(H,16,17). The summed E-state index contributed by atoms with van der Waals surface area (Å²) >= 11 is 0. The fourth-order valence-corrected chi connectivity index (χ4v) is 1.90. The van der Waals surface area contributed by atoms with Crippen LogP contribution in [0.4, 0.5) is 0 Å². The maximum Gasteiger partial charge on any atom is 0.317 e. The van der Waals surface area contributed by atoms with Crippen molar-refractivity contribution in [3.05, 3.63) is 34.4 Å². The Morgan fingerprint density at radius 2 is 1.76 bits per heavy atom. The summed E-state index contributed by atoms with van der Waals surface area (Å²) in [6.07, 6.45) is 0. The van der Waals surface area contributed by atoms with Crippen molar-refractivity contribution in [3.63, 3.8) is 0 Å². The number of hydrogen-bond donors (Lipinski definition) is 1. The highest BCUT2D eigenvalue weighted by Crippen LogP contribution is 2.17. The monoisotopic (exact) mass is 235 g/mol. The summed E-state index contributed by atoms with van der Waals surface area (Å²) in [4.78, 5) is 12.7. The molecule has 0 radical (unpaired) electrons. The van der Waals surface area contributed by atoms with Gasteiger partial charge in [0.2, 0.25) is 0 Å². The van der Waals surface area contributed by atoms with Gasteiger partial charge in [-0.05, 0) is 49.6 Å². The van der Waals surface area contributed by atoms with Gasteiger partial charge in [-0.25, -0.2) is 0 Å². The van der Waals surface area contributed by atoms with Crippen LogP contribution in [0.5, 0.6) is 0 Å². The van der Waals surface area contributed by atoms with Crippen molar-refractivity contribution >= 4 is 5.97 Å². The second-order valence-corrected chi connectivity index (χ2v) is 4.56. The lowest BCUT2D eigenvalue weighted by atomic mass is 10.0. The average Bonchev–Trinajstić information content (AvgIpc) is 2.24. The Morgan fingerprint density at radius 3 is 2.29 bits per heavy atom. The summed E-state index contributed by atoms with van der Waals surface area (Å²) in [5.74, 6) is -0.770. The number of likely N-dealkylation sites (N-methyl/N-ethyl adjacent to an activating group) is 1. The van der Waals surface area contributed by atoms with Crippen molar-refractivity contribution in [2.24, 2.45) is 0 Å². The molecule has 3 heteroatoms. The van der Waals surface area contributed by atoms with Gasteiger partial charge in [-0.3, -0.25) is 9.69 Å². The summed E-state index contributed by atoms with van der Waals surface area (Å²) < 4.78 is 0. The lowest BCUT2D eigenvalue weighted by Gasteiger charge is -2.20. The van der Waals surface area contributed by atoms with Crippen LogP contribution in [0.25, 0.3) is 0 Å². The molecule has 0 spiro atoms. The van der Waals surface area contributed by atoms with E-state index in [9.17, 15) is 4.79 Å². The number of carboxylic acids is 1. The second kappa shape index (κ2) is 5.82. The molecule has 0 fully saturated rings. The van der Waals surface area contributed by atoms with Crippen molar-refractivity contribution in [2.75, 3.05) is 13.1 Å². The normalized spacial score (nSPS) is 10.9. The first-order chi connectivity index (χ1) is 7.93. The Kier molecular flexibility index (Phi) is 4.70. The van der Waals surface area contributed by atoms with Gasteiger partial charge in [0.1, 0.15) is 0 Å². The van der Waals surface area contributed by atoms with Gasteiger partial charge in [0, 0.05) is 6.54 Å². The summed E-state index contributed by atoms with van der Waals surface area (Å²) in [5, 5.41) is 8.82. The van der Waals surface area contributed by atoms with Crippen LogP contribution in [-0.4, -0.2) is 29.1 Å². The van der Waals surface area contributed by atoms with E-state index < -0.39 is 5.97 Å². The first-order valence-corrected chi connectivity index (χ1v) is 5.95. The number of aryl methyl sites for hydroxylation is 3. The largest absolute Gasteiger partial charge is 0.480 e. The van der Waals surface area contributed by atoms with E-state index in [0.717, 1.165) is 6.54 Å². The summed E-state index contributed by atoms with van der Waals surface area (Å²) in [6.45, 7) is 9.81. The highest BCUT2D eigenvalue weighted by Gasteiger charge is 2.10. The molecule has 3 nitrogen and oxygen atoms in total. The number of nitrogens with zero attached hydrogens (tertiary/aromatic N) is 1. The molecule has 0 unspecified atom stereocenters. The molecular weight excluding hydrogens is 214 g/mol. The number of rotatable bonds is 5. The number of aliphatic carboxylic acids is 1. The first kappa shape index (κ1) is 13.7. The van der Waals surface area contributed by atoms with Gasteiger partial charge in [-0.15, -0.1) is 0 Å². The average molecular weight is 235 g/mol. The molecule has 0 saturated heterocycles. The lowest BCUT2D eigenvalue weighted by Crippen LogP contribution is -2.29. The van der Waals surface area contributed by atoms with Crippen molar-refractivity contribution in [2.45, 2.75) is 34.2 Å². The third kappa shape index (κ3) is 3.86. The van der Waals surface area contributed by atoms with Crippen LogP contribution in [0.2, 0.25) is 0 Å². The van der Waals surface area contributed by atoms with Crippen LogP contribution in [0.3, 0.4) is 0 Å². The molecule has 0 aromatic heterocycles. The SMILES string of the molecule is CCN(CC(=O)O)Cc1cc(C)c(C)cc1C. The molecule has 0 bridgehead atoms. The van der Waals surface area contributed by atoms with Crippen LogP contribution in [0, 0.1) is 20.8 Å². The third-order valence-electron chi connectivity index (χ3n) is 3.15. The summed E-state index contributed by atoms with van der Waals surface area (Å²) in [7, 11) is 0. The molecule has 94 valence electrons. The summed E-state index contributed by atoms with van der Waals surface area (Å²) in [5.41, 5.74) is 5.00. The van der Waals surface area contributed by atoms with E-state index in [1.807, 2.05) is 11.8 Å². The fraction of sp³-hybridized carbons (Fsp3) is 0.500. The molecule has 0 saturated carbocycles. The molecule has 1 aromatic rings. The van der Waals surface area contributed by atoms with E-state index in [4.69, 9.17) is 5.11 Å². The molecule has 0 amide bonds. The Hall–Kier alpha value is -1.35. The zero-order valence-electron chi connectivity index (χ0n) is 11.1. The van der Waals surface area contributed by atoms with E-state index >= 15 is 0 Å². The lowest BCUT2D eigenvalue weighted by molar-refractivity contribution is -0.138. The van der Waals surface area contributed by atoms with Crippen molar-refractivity contribution in [3.8, 4) is 0 Å². The van der Waals surface area contributed by atoms with Gasteiger partial charge >= 0.3 is 5.97 Å². The molecule has 0 atom stereocenters. The van der Waals surface area contributed by atoms with Gasteiger partial charge in [0.05, 0.1) is 6.54 Å². The van der Waals surface area contributed by atoms with Crippen LogP contribution < -0.4 is 0 Å². The molecule has 1 aromatic carbocycles. The molecule has 0 aliphatic carbocycles. The Morgan fingerprint density at radius 1 is 1.18 bits per heavy atom. The Balaban J connectivity index is 2.86. The molecule has 0 aliphatic heterocycles. The maximum atomic E-state index is 10.7. The highest BCUT2D eigenvalue weighted by atomic mass is 16.4. The van der Waals surface area contributed by atoms with Crippen molar-refractivity contribution in [1.29, 1.82) is 0 Å². The quantitative estimate of drug-likeness (QED) is 0.852.